The zero-order valence-electron chi connectivity index (χ0n) is 10.1. The maximum absolute atomic E-state index is 12.0. The molecular formula is C11H10IN3O3S. The molecule has 6 nitrogen and oxygen atoms in total. The van der Waals surface area contributed by atoms with Gasteiger partial charge >= 0.3 is 5.97 Å². The molecule has 100 valence electrons. The van der Waals surface area contributed by atoms with Gasteiger partial charge in [-0.05, 0) is 35.6 Å². The molecule has 0 spiro atoms. The number of esters is 1. The van der Waals surface area contributed by atoms with Gasteiger partial charge in [0.25, 0.3) is 5.91 Å². The molecule has 0 radical (unpaired) electrons. The number of nitrogens with zero attached hydrogens (tertiary/aromatic N) is 1. The van der Waals surface area contributed by atoms with Crippen molar-refractivity contribution in [3.05, 3.63) is 32.0 Å². The van der Waals surface area contributed by atoms with Gasteiger partial charge in [-0.25, -0.2) is 4.79 Å². The largest absolute Gasteiger partial charge is 0.465 e. The van der Waals surface area contributed by atoms with Gasteiger partial charge in [-0.1, -0.05) is 0 Å². The first-order valence-electron chi connectivity index (χ1n) is 5.22. The molecule has 0 unspecified atom stereocenters. The average molecular weight is 391 g/mol. The number of methoxy groups -OCH3 is 1. The number of aromatic amines is 1. The fourth-order valence-corrected chi connectivity index (χ4v) is 2.86. The minimum atomic E-state index is -0.473. The van der Waals surface area contributed by atoms with Gasteiger partial charge in [0, 0.05) is 4.88 Å². The van der Waals surface area contributed by atoms with Crippen LogP contribution in [0, 0.1) is 10.5 Å². The van der Waals surface area contributed by atoms with E-state index in [4.69, 9.17) is 0 Å². The van der Waals surface area contributed by atoms with Crippen molar-refractivity contribution in [3.8, 4) is 0 Å². The Balaban J connectivity index is 2.27. The number of H-pyrrole nitrogens is 1. The smallest absolute Gasteiger partial charge is 0.340 e. The Bertz CT molecular complexity index is 635. The van der Waals surface area contributed by atoms with Crippen molar-refractivity contribution in [1.29, 1.82) is 0 Å². The molecule has 2 aromatic rings. The van der Waals surface area contributed by atoms with Crippen molar-refractivity contribution in [2.45, 2.75) is 6.92 Å². The molecule has 2 heterocycles. The lowest BCUT2D eigenvalue weighted by Crippen LogP contribution is -2.15. The number of hydrogen-bond donors (Lipinski definition) is 2. The number of aryl methyl sites for hydroxylation is 1. The summed E-state index contributed by atoms with van der Waals surface area (Å²) in [6.07, 6.45) is 1.55. The number of amides is 1. The van der Waals surface area contributed by atoms with E-state index in [1.54, 1.807) is 12.3 Å². The summed E-state index contributed by atoms with van der Waals surface area (Å²) >= 11 is 3.33. The third-order valence-electron chi connectivity index (χ3n) is 2.31. The minimum absolute atomic E-state index is 0.339. The van der Waals surface area contributed by atoms with Crippen LogP contribution in [-0.2, 0) is 4.74 Å². The summed E-state index contributed by atoms with van der Waals surface area (Å²) < 4.78 is 5.39. The number of rotatable bonds is 3. The third kappa shape index (κ3) is 2.95. The van der Waals surface area contributed by atoms with Gasteiger partial charge in [-0.15, -0.1) is 11.3 Å². The molecule has 2 N–H and O–H groups in total. The SMILES string of the molecule is COC(=O)c1cc(C)sc1NC(=O)c1[nH]ncc1I. The van der Waals surface area contributed by atoms with Crippen LogP contribution >= 0.6 is 33.9 Å². The van der Waals surface area contributed by atoms with Crippen LogP contribution in [0.5, 0.6) is 0 Å². The van der Waals surface area contributed by atoms with Gasteiger partial charge in [0.1, 0.15) is 10.7 Å². The van der Waals surface area contributed by atoms with E-state index < -0.39 is 5.97 Å². The molecule has 2 aromatic heterocycles. The van der Waals surface area contributed by atoms with Crippen LogP contribution in [-0.4, -0.2) is 29.2 Å². The number of carbonyl (C=O) groups excluding carboxylic acids is 2. The molecule has 0 bridgehead atoms. The topological polar surface area (TPSA) is 84.1 Å². The molecule has 0 aromatic carbocycles. The Morgan fingerprint density at radius 1 is 1.53 bits per heavy atom. The molecule has 0 saturated carbocycles. The van der Waals surface area contributed by atoms with E-state index in [1.807, 2.05) is 29.5 Å². The lowest BCUT2D eigenvalue weighted by Gasteiger charge is -2.04. The van der Waals surface area contributed by atoms with Gasteiger partial charge in [-0.2, -0.15) is 5.10 Å². The zero-order chi connectivity index (χ0) is 14.0. The second-order valence-corrected chi connectivity index (χ2v) is 6.06. The van der Waals surface area contributed by atoms with Crippen LogP contribution in [0.1, 0.15) is 25.7 Å². The highest BCUT2D eigenvalue weighted by Crippen LogP contribution is 2.28. The molecule has 0 atom stereocenters. The summed E-state index contributed by atoms with van der Waals surface area (Å²) in [6, 6.07) is 1.68. The number of halogens is 1. The number of nitrogens with one attached hydrogen (secondary N) is 2. The Morgan fingerprint density at radius 3 is 2.84 bits per heavy atom. The van der Waals surface area contributed by atoms with Crippen molar-refractivity contribution >= 4 is 50.8 Å². The predicted octanol–water partition coefficient (Wildman–Crippen LogP) is 2.42. The summed E-state index contributed by atoms with van der Waals surface area (Å²) in [7, 11) is 1.30. The van der Waals surface area contributed by atoms with Crippen LogP contribution in [0.4, 0.5) is 5.00 Å². The van der Waals surface area contributed by atoms with Crippen molar-refractivity contribution in [3.63, 3.8) is 0 Å². The molecule has 8 heteroatoms. The second kappa shape index (κ2) is 5.70. The third-order valence-corrected chi connectivity index (χ3v) is 4.09. The van der Waals surface area contributed by atoms with Crippen LogP contribution in [0.2, 0.25) is 0 Å². The zero-order valence-corrected chi connectivity index (χ0v) is 13.1. The Kier molecular flexibility index (Phi) is 4.20. The highest BCUT2D eigenvalue weighted by molar-refractivity contribution is 14.1. The van der Waals surface area contributed by atoms with Gasteiger partial charge < -0.3 is 10.1 Å². The molecule has 0 saturated heterocycles. The highest BCUT2D eigenvalue weighted by Gasteiger charge is 2.19. The summed E-state index contributed by atoms with van der Waals surface area (Å²) in [4.78, 5) is 24.5. The van der Waals surface area contributed by atoms with Gasteiger partial charge in [0.15, 0.2) is 0 Å². The minimum Gasteiger partial charge on any atom is -0.465 e. The number of aromatic nitrogens is 2. The first-order chi connectivity index (χ1) is 9.02. The summed E-state index contributed by atoms with van der Waals surface area (Å²) in [5.74, 6) is -0.812. The molecular weight excluding hydrogens is 381 g/mol. The molecule has 2 rings (SSSR count). The predicted molar refractivity (Wildman–Crippen MR) is 79.7 cm³/mol. The molecule has 0 aliphatic heterocycles. The number of ether oxygens (including phenoxy) is 1. The van der Waals surface area contributed by atoms with E-state index in [2.05, 4.69) is 20.3 Å². The fraction of sp³-hybridized carbons (Fsp3) is 0.182. The van der Waals surface area contributed by atoms with E-state index in [0.717, 1.165) is 4.88 Å². The van der Waals surface area contributed by atoms with Crippen molar-refractivity contribution in [2.75, 3.05) is 12.4 Å². The lowest BCUT2D eigenvalue weighted by molar-refractivity contribution is 0.0602. The highest BCUT2D eigenvalue weighted by atomic mass is 127. The molecule has 0 aliphatic rings. The first kappa shape index (κ1) is 14.0. The molecule has 0 aliphatic carbocycles. The van der Waals surface area contributed by atoms with Crippen molar-refractivity contribution in [2.24, 2.45) is 0 Å². The second-order valence-electron chi connectivity index (χ2n) is 3.64. The summed E-state index contributed by atoms with van der Waals surface area (Å²) in [5.41, 5.74) is 0.718. The number of anilines is 1. The lowest BCUT2D eigenvalue weighted by atomic mass is 10.3. The summed E-state index contributed by atoms with van der Waals surface area (Å²) in [5, 5.41) is 9.56. The fourth-order valence-electron chi connectivity index (χ4n) is 1.46. The van der Waals surface area contributed by atoms with Crippen molar-refractivity contribution < 1.29 is 14.3 Å². The summed E-state index contributed by atoms with van der Waals surface area (Å²) in [6.45, 7) is 1.85. The normalized spacial score (nSPS) is 10.3. The van der Waals surface area contributed by atoms with Crippen molar-refractivity contribution in [1.82, 2.24) is 10.2 Å². The monoisotopic (exact) mass is 391 g/mol. The number of carbonyl (C=O) groups is 2. The standard InChI is InChI=1S/C11H10IN3O3S/c1-5-3-6(11(17)18-2)10(19-5)14-9(16)8-7(12)4-13-15-8/h3-4H,1-2H3,(H,13,15)(H,14,16). The van der Waals surface area contributed by atoms with E-state index in [0.29, 0.717) is 19.8 Å². The Labute approximate surface area is 126 Å². The van der Waals surface area contributed by atoms with Gasteiger partial charge in [0.2, 0.25) is 0 Å². The van der Waals surface area contributed by atoms with Gasteiger partial charge in [0.05, 0.1) is 22.4 Å². The maximum atomic E-state index is 12.0. The molecule has 19 heavy (non-hydrogen) atoms. The maximum Gasteiger partial charge on any atom is 0.340 e. The molecule has 1 amide bonds. The average Bonchev–Trinajstić information content (AvgIpc) is 2.94. The van der Waals surface area contributed by atoms with E-state index in [-0.39, 0.29) is 5.91 Å². The van der Waals surface area contributed by atoms with Gasteiger partial charge in [-0.3, -0.25) is 9.89 Å². The number of thiophene rings is 1. The van der Waals surface area contributed by atoms with E-state index >= 15 is 0 Å². The number of hydrogen-bond acceptors (Lipinski definition) is 5. The Hall–Kier alpha value is -1.42. The Morgan fingerprint density at radius 2 is 2.26 bits per heavy atom. The van der Waals surface area contributed by atoms with Crippen LogP contribution in [0.15, 0.2) is 12.3 Å². The quantitative estimate of drug-likeness (QED) is 0.622. The van der Waals surface area contributed by atoms with E-state index in [9.17, 15) is 9.59 Å². The van der Waals surface area contributed by atoms with Crippen LogP contribution in [0.25, 0.3) is 0 Å². The van der Waals surface area contributed by atoms with Crippen LogP contribution < -0.4 is 5.32 Å². The first-order valence-corrected chi connectivity index (χ1v) is 7.11. The molecule has 0 fully saturated rings. The van der Waals surface area contributed by atoms with Crippen LogP contribution in [0.3, 0.4) is 0 Å². The van der Waals surface area contributed by atoms with E-state index in [1.165, 1.54) is 18.4 Å².